The van der Waals surface area contributed by atoms with E-state index in [1.54, 1.807) is 54.6 Å². The fourth-order valence-electron chi connectivity index (χ4n) is 3.53. The van der Waals surface area contributed by atoms with E-state index < -0.39 is 19.7 Å². The monoisotopic (exact) mass is 525 g/mol. The lowest BCUT2D eigenvalue weighted by atomic mass is 10.2. The van der Waals surface area contributed by atoms with E-state index in [0.717, 1.165) is 16.6 Å². The van der Waals surface area contributed by atoms with Crippen molar-refractivity contribution in [1.29, 1.82) is 0 Å². The maximum atomic E-state index is 12.8. The predicted molar refractivity (Wildman–Crippen MR) is 142 cm³/mol. The first-order valence-corrected chi connectivity index (χ1v) is 14.8. The van der Waals surface area contributed by atoms with Crippen molar-refractivity contribution in [3.05, 3.63) is 79.1 Å². The van der Waals surface area contributed by atoms with Crippen LogP contribution in [-0.2, 0) is 19.7 Å². The second-order valence-corrected chi connectivity index (χ2v) is 12.4. The first-order chi connectivity index (χ1) is 17.2. The predicted octanol–water partition coefficient (Wildman–Crippen LogP) is 3.25. The van der Waals surface area contributed by atoms with E-state index in [9.17, 15) is 16.8 Å². The van der Waals surface area contributed by atoms with Crippen LogP contribution in [0.2, 0.25) is 0 Å². The van der Waals surface area contributed by atoms with Gasteiger partial charge in [0.15, 0.2) is 0 Å². The molecule has 0 unspecified atom stereocenters. The van der Waals surface area contributed by atoms with Gasteiger partial charge in [-0.1, -0.05) is 18.2 Å². The van der Waals surface area contributed by atoms with Gasteiger partial charge in [0, 0.05) is 42.7 Å². The van der Waals surface area contributed by atoms with Crippen molar-refractivity contribution in [2.24, 2.45) is 0 Å². The number of benzene rings is 3. The number of sulfone groups is 2. The Morgan fingerprint density at radius 1 is 0.750 bits per heavy atom. The molecule has 0 amide bonds. The van der Waals surface area contributed by atoms with Gasteiger partial charge in [-0.25, -0.2) is 26.8 Å². The highest BCUT2D eigenvalue weighted by atomic mass is 32.2. The van der Waals surface area contributed by atoms with Gasteiger partial charge in [-0.05, 0) is 54.6 Å². The largest absolute Gasteiger partial charge is 0.384 e. The number of hydrogen-bond acceptors (Lipinski definition) is 9. The fourth-order valence-corrected chi connectivity index (χ4v) is 5.33. The summed E-state index contributed by atoms with van der Waals surface area (Å²) >= 11 is 0. The third-order valence-electron chi connectivity index (χ3n) is 5.40. The molecule has 0 atom stereocenters. The van der Waals surface area contributed by atoms with E-state index in [-0.39, 0.29) is 15.5 Å². The molecule has 0 aliphatic rings. The average Bonchev–Trinajstić information content (AvgIpc) is 2.86. The van der Waals surface area contributed by atoms with Crippen LogP contribution in [0.4, 0.5) is 17.2 Å². The fraction of sp³-hybridized carbons (Fsp3) is 0.200. The molecule has 0 fully saturated rings. The zero-order chi connectivity index (χ0) is 25.6. The average molecular weight is 526 g/mol. The molecule has 188 valence electrons. The van der Waals surface area contributed by atoms with Gasteiger partial charge in [-0.15, -0.1) is 0 Å². The first-order valence-electron chi connectivity index (χ1n) is 11.3. The third-order valence-corrected chi connectivity index (χ3v) is 8.13. The number of anilines is 3. The number of aromatic nitrogens is 2. The summed E-state index contributed by atoms with van der Waals surface area (Å²) in [5.41, 5.74) is 2.32. The van der Waals surface area contributed by atoms with E-state index in [1.165, 1.54) is 12.6 Å². The number of nitrogens with one attached hydrogen (secondary N) is 3. The first kappa shape index (κ1) is 25.5. The van der Waals surface area contributed by atoms with Crippen molar-refractivity contribution in [3.8, 4) is 0 Å². The van der Waals surface area contributed by atoms with Crippen LogP contribution < -0.4 is 16.0 Å². The van der Waals surface area contributed by atoms with Gasteiger partial charge in [-0.3, -0.25) is 0 Å². The Labute approximate surface area is 210 Å². The number of rotatable bonds is 11. The number of hydrogen-bond donors (Lipinski definition) is 3. The third kappa shape index (κ3) is 6.56. The Hall–Kier alpha value is -3.54. The number of fused-ring (bicyclic) bond motifs is 1. The van der Waals surface area contributed by atoms with Gasteiger partial charge >= 0.3 is 0 Å². The van der Waals surface area contributed by atoms with E-state index in [1.807, 2.05) is 18.2 Å². The molecule has 0 bridgehead atoms. The molecule has 1 heterocycles. The standard InChI is InChI=1S/C25H27N5O4S2/c1-35(31,32)16-15-26-13-14-27-20-9-12-24-23(17-20)25(29-18-28-24)30-19-7-10-22(11-8-19)36(33,34)21-5-3-2-4-6-21/h2-12,17-18,26-27H,13-16H2,1H3,(H,28,29,30). The Morgan fingerprint density at radius 2 is 1.44 bits per heavy atom. The molecule has 0 radical (unpaired) electrons. The summed E-state index contributed by atoms with van der Waals surface area (Å²) in [4.78, 5) is 9.15. The highest BCUT2D eigenvalue weighted by Crippen LogP contribution is 2.27. The second kappa shape index (κ2) is 11.0. The van der Waals surface area contributed by atoms with Crippen LogP contribution in [0.25, 0.3) is 10.9 Å². The van der Waals surface area contributed by atoms with Gasteiger partial charge in [0.05, 0.1) is 21.1 Å². The Kier molecular flexibility index (Phi) is 7.82. The minimum atomic E-state index is -3.59. The van der Waals surface area contributed by atoms with Gasteiger partial charge in [0.2, 0.25) is 9.84 Å². The molecule has 36 heavy (non-hydrogen) atoms. The van der Waals surface area contributed by atoms with Crippen molar-refractivity contribution < 1.29 is 16.8 Å². The van der Waals surface area contributed by atoms with Crippen LogP contribution in [0.15, 0.2) is 88.9 Å². The summed E-state index contributed by atoms with van der Waals surface area (Å²) in [6.07, 6.45) is 2.69. The lowest BCUT2D eigenvalue weighted by molar-refractivity contribution is 0.595. The smallest absolute Gasteiger partial charge is 0.206 e. The van der Waals surface area contributed by atoms with Crippen molar-refractivity contribution in [2.75, 3.05) is 42.3 Å². The second-order valence-electron chi connectivity index (χ2n) is 8.23. The molecule has 3 N–H and O–H groups in total. The molecule has 0 saturated heterocycles. The molecule has 11 heteroatoms. The molecule has 1 aromatic heterocycles. The van der Waals surface area contributed by atoms with E-state index in [2.05, 4.69) is 25.9 Å². The molecule has 0 spiro atoms. The summed E-state index contributed by atoms with van der Waals surface area (Å²) in [5.74, 6) is 0.697. The number of nitrogens with zero attached hydrogens (tertiary/aromatic N) is 2. The van der Waals surface area contributed by atoms with Crippen LogP contribution >= 0.6 is 0 Å². The topological polar surface area (TPSA) is 130 Å². The lowest BCUT2D eigenvalue weighted by Crippen LogP contribution is -2.27. The molecule has 0 saturated carbocycles. The zero-order valence-electron chi connectivity index (χ0n) is 19.7. The molecule has 3 aromatic carbocycles. The highest BCUT2D eigenvalue weighted by molar-refractivity contribution is 7.91. The van der Waals surface area contributed by atoms with Crippen molar-refractivity contribution >= 4 is 47.8 Å². The van der Waals surface area contributed by atoms with Gasteiger partial charge in [-0.2, -0.15) is 0 Å². The van der Waals surface area contributed by atoms with E-state index in [4.69, 9.17) is 0 Å². The molecule has 0 aliphatic carbocycles. The summed E-state index contributed by atoms with van der Waals surface area (Å²) in [7, 11) is -6.56. The quantitative estimate of drug-likeness (QED) is 0.253. The van der Waals surface area contributed by atoms with Gasteiger partial charge in [0.25, 0.3) is 0 Å². The summed E-state index contributed by atoms with van der Waals surface area (Å²) in [5, 5.41) is 10.4. The Morgan fingerprint density at radius 3 is 2.17 bits per heavy atom. The molecular formula is C25H27N5O4S2. The molecule has 9 nitrogen and oxygen atoms in total. The molecule has 0 aliphatic heterocycles. The Balaban J connectivity index is 1.44. The minimum Gasteiger partial charge on any atom is -0.384 e. The maximum absolute atomic E-state index is 12.8. The lowest BCUT2D eigenvalue weighted by Gasteiger charge is -2.12. The summed E-state index contributed by atoms with van der Waals surface area (Å²) in [6.45, 7) is 1.64. The highest BCUT2D eigenvalue weighted by Gasteiger charge is 2.17. The molecule has 4 aromatic rings. The Bertz CT molecular complexity index is 1540. The van der Waals surface area contributed by atoms with Crippen LogP contribution in [0.3, 0.4) is 0 Å². The summed E-state index contributed by atoms with van der Waals surface area (Å²) in [6, 6.07) is 20.6. The van der Waals surface area contributed by atoms with Crippen molar-refractivity contribution in [3.63, 3.8) is 0 Å². The molecular weight excluding hydrogens is 498 g/mol. The van der Waals surface area contributed by atoms with Crippen LogP contribution in [0.1, 0.15) is 0 Å². The van der Waals surface area contributed by atoms with Crippen molar-refractivity contribution in [2.45, 2.75) is 9.79 Å². The van der Waals surface area contributed by atoms with Gasteiger partial charge < -0.3 is 16.0 Å². The maximum Gasteiger partial charge on any atom is 0.206 e. The zero-order valence-corrected chi connectivity index (χ0v) is 21.3. The van der Waals surface area contributed by atoms with E-state index >= 15 is 0 Å². The molecule has 4 rings (SSSR count). The van der Waals surface area contributed by atoms with Crippen molar-refractivity contribution in [1.82, 2.24) is 15.3 Å². The van der Waals surface area contributed by atoms with E-state index in [0.29, 0.717) is 31.1 Å². The minimum absolute atomic E-state index is 0.106. The normalized spacial score (nSPS) is 11.9. The SMILES string of the molecule is CS(=O)(=O)CCNCCNc1ccc2ncnc(Nc3ccc(S(=O)(=O)c4ccccc4)cc3)c2c1. The summed E-state index contributed by atoms with van der Waals surface area (Å²) < 4.78 is 48.0. The van der Waals surface area contributed by atoms with Gasteiger partial charge in [0.1, 0.15) is 22.0 Å². The van der Waals surface area contributed by atoms with Crippen LogP contribution in [-0.4, -0.2) is 58.4 Å². The van der Waals surface area contributed by atoms with Crippen LogP contribution in [0.5, 0.6) is 0 Å². The van der Waals surface area contributed by atoms with Crippen LogP contribution in [0, 0.1) is 0 Å².